The van der Waals surface area contributed by atoms with Crippen LogP contribution >= 0.6 is 23.2 Å². The van der Waals surface area contributed by atoms with Crippen molar-refractivity contribution in [1.82, 2.24) is 19.9 Å². The summed E-state index contributed by atoms with van der Waals surface area (Å²) in [5, 5.41) is 8.62. The standard InChI is InChI=1S/C13H12Cl2N4O/c14-11-2-1-9(7-12(11)15)13(20)18-5-3-10(8-18)19-6-4-16-17-19/h1-2,4,6-7,10H,3,5,8H2. The molecule has 0 aliphatic carbocycles. The largest absolute Gasteiger partial charge is 0.336 e. The minimum atomic E-state index is -0.0359. The second-order valence-corrected chi connectivity index (χ2v) is 5.52. The number of amides is 1. The van der Waals surface area contributed by atoms with Crippen molar-refractivity contribution in [2.24, 2.45) is 0 Å². The Labute approximate surface area is 126 Å². The van der Waals surface area contributed by atoms with E-state index >= 15 is 0 Å². The molecule has 7 heteroatoms. The van der Waals surface area contributed by atoms with Crippen LogP contribution in [0.5, 0.6) is 0 Å². The van der Waals surface area contributed by atoms with Crippen molar-refractivity contribution in [2.45, 2.75) is 12.5 Å². The second kappa shape index (κ2) is 5.42. The van der Waals surface area contributed by atoms with Gasteiger partial charge in [0.2, 0.25) is 0 Å². The molecule has 0 bridgehead atoms. The molecule has 1 amide bonds. The van der Waals surface area contributed by atoms with E-state index < -0.39 is 0 Å². The minimum absolute atomic E-state index is 0.0359. The lowest BCUT2D eigenvalue weighted by Gasteiger charge is -2.16. The number of halogens is 2. The van der Waals surface area contributed by atoms with Gasteiger partial charge in [-0.3, -0.25) is 4.79 Å². The van der Waals surface area contributed by atoms with Crippen molar-refractivity contribution in [2.75, 3.05) is 13.1 Å². The molecule has 2 aromatic rings. The van der Waals surface area contributed by atoms with E-state index in [9.17, 15) is 4.79 Å². The van der Waals surface area contributed by atoms with Gasteiger partial charge in [-0.2, -0.15) is 0 Å². The average molecular weight is 311 g/mol. The van der Waals surface area contributed by atoms with Gasteiger partial charge < -0.3 is 4.90 Å². The summed E-state index contributed by atoms with van der Waals surface area (Å²) in [7, 11) is 0. The fourth-order valence-electron chi connectivity index (χ4n) is 2.37. The maximum atomic E-state index is 12.4. The zero-order valence-electron chi connectivity index (χ0n) is 10.5. The second-order valence-electron chi connectivity index (χ2n) is 4.71. The number of hydrogen-bond donors (Lipinski definition) is 0. The normalized spacial score (nSPS) is 18.5. The Bertz CT molecular complexity index is 629. The number of rotatable bonds is 2. The van der Waals surface area contributed by atoms with Crippen LogP contribution in [-0.4, -0.2) is 38.9 Å². The molecule has 1 saturated heterocycles. The lowest BCUT2D eigenvalue weighted by molar-refractivity contribution is 0.0787. The highest BCUT2D eigenvalue weighted by Gasteiger charge is 2.28. The molecule has 1 atom stereocenters. The van der Waals surface area contributed by atoms with Gasteiger partial charge in [-0.25, -0.2) is 4.68 Å². The van der Waals surface area contributed by atoms with Gasteiger partial charge in [0.1, 0.15) is 0 Å². The summed E-state index contributed by atoms with van der Waals surface area (Å²) < 4.78 is 1.79. The van der Waals surface area contributed by atoms with Crippen LogP contribution in [0.2, 0.25) is 10.0 Å². The van der Waals surface area contributed by atoms with Crippen molar-refractivity contribution in [3.05, 3.63) is 46.2 Å². The molecule has 0 saturated carbocycles. The van der Waals surface area contributed by atoms with Gasteiger partial charge in [0, 0.05) is 24.8 Å². The number of carbonyl (C=O) groups is 1. The number of benzene rings is 1. The third-order valence-electron chi connectivity index (χ3n) is 3.43. The van der Waals surface area contributed by atoms with E-state index in [1.54, 1.807) is 34.0 Å². The van der Waals surface area contributed by atoms with E-state index in [2.05, 4.69) is 10.3 Å². The lowest BCUT2D eigenvalue weighted by atomic mass is 10.2. The molecule has 0 spiro atoms. The average Bonchev–Trinajstić information content (AvgIpc) is 3.11. The smallest absolute Gasteiger partial charge is 0.253 e. The number of hydrogen-bond acceptors (Lipinski definition) is 3. The predicted molar refractivity (Wildman–Crippen MR) is 76.0 cm³/mol. The Kier molecular flexibility index (Phi) is 3.63. The highest BCUT2D eigenvalue weighted by Crippen LogP contribution is 2.26. The Morgan fingerprint density at radius 3 is 2.85 bits per heavy atom. The maximum Gasteiger partial charge on any atom is 0.253 e. The molecule has 1 aromatic carbocycles. The van der Waals surface area contributed by atoms with E-state index in [1.807, 2.05) is 6.20 Å². The van der Waals surface area contributed by atoms with Crippen LogP contribution in [0.4, 0.5) is 0 Å². The van der Waals surface area contributed by atoms with Crippen LogP contribution in [0.3, 0.4) is 0 Å². The Hall–Kier alpha value is -1.59. The molecule has 1 unspecified atom stereocenters. The van der Waals surface area contributed by atoms with E-state index in [4.69, 9.17) is 23.2 Å². The molecule has 104 valence electrons. The molecule has 1 aromatic heterocycles. The number of carbonyl (C=O) groups excluding carboxylic acids is 1. The van der Waals surface area contributed by atoms with Gasteiger partial charge in [-0.05, 0) is 24.6 Å². The van der Waals surface area contributed by atoms with Crippen LogP contribution in [0.15, 0.2) is 30.6 Å². The van der Waals surface area contributed by atoms with Crippen molar-refractivity contribution in [3.63, 3.8) is 0 Å². The van der Waals surface area contributed by atoms with Crippen LogP contribution < -0.4 is 0 Å². The highest BCUT2D eigenvalue weighted by molar-refractivity contribution is 6.42. The van der Waals surface area contributed by atoms with Gasteiger partial charge in [0.15, 0.2) is 0 Å². The Balaban J connectivity index is 1.74. The minimum Gasteiger partial charge on any atom is -0.336 e. The number of likely N-dealkylation sites (tertiary alicyclic amines) is 1. The first-order chi connectivity index (χ1) is 9.65. The van der Waals surface area contributed by atoms with Crippen LogP contribution in [-0.2, 0) is 0 Å². The van der Waals surface area contributed by atoms with Gasteiger partial charge in [-0.15, -0.1) is 5.10 Å². The molecule has 1 fully saturated rings. The molecule has 20 heavy (non-hydrogen) atoms. The zero-order valence-corrected chi connectivity index (χ0v) is 12.1. The molecule has 0 radical (unpaired) electrons. The Morgan fingerprint density at radius 1 is 1.30 bits per heavy atom. The molecule has 1 aliphatic rings. The van der Waals surface area contributed by atoms with Crippen molar-refractivity contribution in [1.29, 1.82) is 0 Å². The quantitative estimate of drug-likeness (QED) is 0.857. The molecule has 3 rings (SSSR count). The summed E-state index contributed by atoms with van der Waals surface area (Å²) in [6.45, 7) is 1.33. The first-order valence-electron chi connectivity index (χ1n) is 6.25. The fraction of sp³-hybridized carbons (Fsp3) is 0.308. The van der Waals surface area contributed by atoms with Gasteiger partial charge >= 0.3 is 0 Å². The van der Waals surface area contributed by atoms with Gasteiger partial charge in [0.25, 0.3) is 5.91 Å². The van der Waals surface area contributed by atoms with Crippen molar-refractivity contribution < 1.29 is 4.79 Å². The van der Waals surface area contributed by atoms with Crippen LogP contribution in [0.1, 0.15) is 22.8 Å². The van der Waals surface area contributed by atoms with E-state index in [0.717, 1.165) is 6.42 Å². The predicted octanol–water partition coefficient (Wildman–Crippen LogP) is 2.67. The third-order valence-corrected chi connectivity index (χ3v) is 4.17. The monoisotopic (exact) mass is 310 g/mol. The molecule has 2 heterocycles. The lowest BCUT2D eigenvalue weighted by Crippen LogP contribution is -2.29. The van der Waals surface area contributed by atoms with Crippen LogP contribution in [0, 0.1) is 0 Å². The molecule has 1 aliphatic heterocycles. The molecule has 5 nitrogen and oxygen atoms in total. The first-order valence-corrected chi connectivity index (χ1v) is 7.01. The van der Waals surface area contributed by atoms with Crippen LogP contribution in [0.25, 0.3) is 0 Å². The van der Waals surface area contributed by atoms with E-state index in [-0.39, 0.29) is 11.9 Å². The van der Waals surface area contributed by atoms with Gasteiger partial charge in [-0.1, -0.05) is 28.4 Å². The summed E-state index contributed by atoms with van der Waals surface area (Å²) in [4.78, 5) is 14.2. The molecule has 0 N–H and O–H groups in total. The summed E-state index contributed by atoms with van der Waals surface area (Å²) in [6, 6.07) is 5.13. The van der Waals surface area contributed by atoms with Crippen molar-refractivity contribution >= 4 is 29.1 Å². The maximum absolute atomic E-state index is 12.4. The SMILES string of the molecule is O=C(c1ccc(Cl)c(Cl)c1)N1CCC(n2ccnn2)C1. The summed E-state index contributed by atoms with van der Waals surface area (Å²) >= 11 is 11.8. The van der Waals surface area contributed by atoms with Gasteiger partial charge in [0.05, 0.1) is 22.3 Å². The first kappa shape index (κ1) is 13.4. The molecular formula is C13H12Cl2N4O. The third kappa shape index (κ3) is 2.51. The Morgan fingerprint density at radius 2 is 2.15 bits per heavy atom. The zero-order chi connectivity index (χ0) is 14.1. The molecular weight excluding hydrogens is 299 g/mol. The number of aromatic nitrogens is 3. The van der Waals surface area contributed by atoms with E-state index in [1.165, 1.54) is 0 Å². The van der Waals surface area contributed by atoms with Crippen molar-refractivity contribution in [3.8, 4) is 0 Å². The summed E-state index contributed by atoms with van der Waals surface area (Å²) in [6.07, 6.45) is 4.33. The summed E-state index contributed by atoms with van der Waals surface area (Å²) in [5.41, 5.74) is 0.554. The number of nitrogens with zero attached hydrogens (tertiary/aromatic N) is 4. The fourth-order valence-corrected chi connectivity index (χ4v) is 2.66. The highest BCUT2D eigenvalue weighted by atomic mass is 35.5. The topological polar surface area (TPSA) is 51.0 Å². The van der Waals surface area contributed by atoms with E-state index in [0.29, 0.717) is 28.7 Å². The summed E-state index contributed by atoms with van der Waals surface area (Å²) in [5.74, 6) is -0.0359.